The molecular weight excluding hydrogens is 506 g/mol. The Hall–Kier alpha value is -3.00. The van der Waals surface area contributed by atoms with Gasteiger partial charge >= 0.3 is 0 Å². The number of hydrogen-bond acceptors (Lipinski definition) is 6. The number of nitrogens with one attached hydrogen (secondary N) is 2. The molecule has 4 aromatic rings. The van der Waals surface area contributed by atoms with Crippen molar-refractivity contribution < 1.29 is 0 Å². The average Bonchev–Trinajstić information content (AvgIpc) is 3.65. The average molecular weight is 546 g/mol. The van der Waals surface area contributed by atoms with Crippen LogP contribution in [0.1, 0.15) is 69.0 Å². The molecule has 0 amide bonds. The second kappa shape index (κ2) is 13.9. The van der Waals surface area contributed by atoms with Crippen molar-refractivity contribution in [3.8, 4) is 0 Å². The standard InChI is InChI=1S/C17H25ClN6.C14H15N/c1-2-12-7-9-23(10-8-12)22-15-14-16(21-17(18)20-15)24(11-19-14)13-5-3-4-6-13;1-3-7-13(8-4-1)11-15-12-14-9-5-2-6-10-14/h11-13H,2-10H2,1H3,(H,20,21,22);1-10,15H,11-12H2. The Kier molecular flexibility index (Phi) is 9.81. The van der Waals surface area contributed by atoms with Crippen LogP contribution in [0, 0.1) is 5.92 Å². The van der Waals surface area contributed by atoms with Crippen molar-refractivity contribution in [2.24, 2.45) is 5.92 Å². The van der Waals surface area contributed by atoms with E-state index in [1.807, 2.05) is 18.5 Å². The lowest BCUT2D eigenvalue weighted by Gasteiger charge is -2.31. The minimum atomic E-state index is 0.285. The van der Waals surface area contributed by atoms with Gasteiger partial charge in [-0.1, -0.05) is 86.8 Å². The van der Waals surface area contributed by atoms with E-state index in [0.29, 0.717) is 6.04 Å². The highest BCUT2D eigenvalue weighted by Crippen LogP contribution is 2.33. The van der Waals surface area contributed by atoms with Crippen LogP contribution in [-0.4, -0.2) is 37.6 Å². The number of fused-ring (bicyclic) bond motifs is 1. The minimum Gasteiger partial charge on any atom is -0.312 e. The van der Waals surface area contributed by atoms with Gasteiger partial charge in [0.15, 0.2) is 17.0 Å². The summed E-state index contributed by atoms with van der Waals surface area (Å²) in [6.45, 7) is 6.19. The fourth-order valence-corrected chi connectivity index (χ4v) is 5.73. The lowest BCUT2D eigenvalue weighted by Crippen LogP contribution is -2.38. The van der Waals surface area contributed by atoms with Crippen molar-refractivity contribution in [3.05, 3.63) is 83.4 Å². The number of piperidine rings is 1. The highest BCUT2D eigenvalue weighted by atomic mass is 35.5. The number of hydrogen-bond donors (Lipinski definition) is 2. The lowest BCUT2D eigenvalue weighted by atomic mass is 9.95. The first-order valence-electron chi connectivity index (χ1n) is 14.4. The molecule has 0 radical (unpaired) electrons. The third-order valence-electron chi connectivity index (χ3n) is 7.91. The van der Waals surface area contributed by atoms with Crippen LogP contribution >= 0.6 is 11.6 Å². The molecule has 7 nitrogen and oxygen atoms in total. The maximum absolute atomic E-state index is 6.20. The van der Waals surface area contributed by atoms with Crippen LogP contribution in [0.3, 0.4) is 0 Å². The number of hydrazine groups is 1. The van der Waals surface area contributed by atoms with Gasteiger partial charge in [0, 0.05) is 32.2 Å². The van der Waals surface area contributed by atoms with Crippen LogP contribution in [0.5, 0.6) is 0 Å². The summed E-state index contributed by atoms with van der Waals surface area (Å²) in [6.07, 6.45) is 10.6. The molecule has 1 saturated heterocycles. The highest BCUT2D eigenvalue weighted by molar-refractivity contribution is 6.28. The molecule has 0 unspecified atom stereocenters. The second-order valence-corrected chi connectivity index (χ2v) is 11.0. The normalized spacial score (nSPS) is 16.8. The van der Waals surface area contributed by atoms with Gasteiger partial charge in [-0.3, -0.25) is 0 Å². The summed E-state index contributed by atoms with van der Waals surface area (Å²) in [5, 5.41) is 5.94. The quantitative estimate of drug-likeness (QED) is 0.232. The van der Waals surface area contributed by atoms with Crippen LogP contribution in [0.2, 0.25) is 5.28 Å². The predicted octanol–water partition coefficient (Wildman–Crippen LogP) is 7.02. The summed E-state index contributed by atoms with van der Waals surface area (Å²) >= 11 is 6.20. The first-order valence-corrected chi connectivity index (χ1v) is 14.8. The molecular formula is C31H40ClN7. The topological polar surface area (TPSA) is 70.9 Å². The molecule has 0 atom stereocenters. The monoisotopic (exact) mass is 545 g/mol. The molecule has 2 aromatic carbocycles. The van der Waals surface area contributed by atoms with E-state index in [-0.39, 0.29) is 5.28 Å². The Balaban J connectivity index is 0.000000177. The molecule has 0 bridgehead atoms. The molecule has 2 N–H and O–H groups in total. The van der Waals surface area contributed by atoms with Crippen molar-refractivity contribution >= 4 is 28.6 Å². The van der Waals surface area contributed by atoms with E-state index in [1.54, 1.807) is 0 Å². The van der Waals surface area contributed by atoms with Crippen LogP contribution in [0.25, 0.3) is 11.2 Å². The Morgan fingerprint density at radius 2 is 1.46 bits per heavy atom. The molecule has 39 heavy (non-hydrogen) atoms. The van der Waals surface area contributed by atoms with Gasteiger partial charge in [-0.05, 0) is 54.3 Å². The number of halogens is 1. The smallest absolute Gasteiger partial charge is 0.226 e. The van der Waals surface area contributed by atoms with Gasteiger partial charge in [-0.15, -0.1) is 0 Å². The number of benzene rings is 2. The minimum absolute atomic E-state index is 0.285. The predicted molar refractivity (Wildman–Crippen MR) is 159 cm³/mol. The third-order valence-corrected chi connectivity index (χ3v) is 8.08. The fourth-order valence-electron chi connectivity index (χ4n) is 5.56. The molecule has 2 fully saturated rings. The Bertz CT molecular complexity index is 1240. The van der Waals surface area contributed by atoms with E-state index < -0.39 is 0 Å². The van der Waals surface area contributed by atoms with E-state index >= 15 is 0 Å². The van der Waals surface area contributed by atoms with Crippen LogP contribution < -0.4 is 10.7 Å². The maximum Gasteiger partial charge on any atom is 0.226 e. The molecule has 8 heteroatoms. The Morgan fingerprint density at radius 3 is 2.05 bits per heavy atom. The van der Waals surface area contributed by atoms with Gasteiger partial charge in [-0.25, -0.2) is 9.99 Å². The zero-order valence-corrected chi connectivity index (χ0v) is 23.7. The zero-order valence-electron chi connectivity index (χ0n) is 22.9. The van der Waals surface area contributed by atoms with Crippen molar-refractivity contribution in [2.45, 2.75) is 71.0 Å². The molecule has 0 spiro atoms. The SMILES string of the molecule is CCC1CCN(Nc2nc(Cl)nc3c2ncn3C2CCCC2)CC1.c1ccc(CNCc2ccccc2)cc1. The molecule has 1 aliphatic carbocycles. The zero-order chi connectivity index (χ0) is 26.9. The van der Waals surface area contributed by atoms with Gasteiger partial charge in [0.2, 0.25) is 5.28 Å². The van der Waals surface area contributed by atoms with Crippen LogP contribution in [-0.2, 0) is 13.1 Å². The molecule has 3 heterocycles. The first kappa shape index (κ1) is 27.6. The largest absolute Gasteiger partial charge is 0.312 e. The molecule has 206 valence electrons. The Labute approximate surface area is 237 Å². The first-order chi connectivity index (χ1) is 19.2. The van der Waals surface area contributed by atoms with Crippen molar-refractivity contribution in [3.63, 3.8) is 0 Å². The van der Waals surface area contributed by atoms with Gasteiger partial charge in [0.1, 0.15) is 0 Å². The number of rotatable bonds is 8. The summed E-state index contributed by atoms with van der Waals surface area (Å²) < 4.78 is 2.18. The highest BCUT2D eigenvalue weighted by Gasteiger charge is 2.23. The molecule has 1 saturated carbocycles. The van der Waals surface area contributed by atoms with E-state index in [4.69, 9.17) is 11.6 Å². The van der Waals surface area contributed by atoms with E-state index in [0.717, 1.165) is 49.1 Å². The van der Waals surface area contributed by atoms with E-state index in [9.17, 15) is 0 Å². The molecule has 2 aromatic heterocycles. The number of aromatic nitrogens is 4. The summed E-state index contributed by atoms with van der Waals surface area (Å²) in [7, 11) is 0. The third kappa shape index (κ3) is 7.56. The summed E-state index contributed by atoms with van der Waals surface area (Å²) in [6, 6.07) is 21.4. The van der Waals surface area contributed by atoms with Gasteiger partial charge in [-0.2, -0.15) is 9.97 Å². The van der Waals surface area contributed by atoms with Gasteiger partial charge < -0.3 is 15.3 Å². The van der Waals surface area contributed by atoms with Gasteiger partial charge in [0.05, 0.1) is 6.33 Å². The molecule has 1 aliphatic heterocycles. The summed E-state index contributed by atoms with van der Waals surface area (Å²) in [5.74, 6) is 1.58. The molecule has 2 aliphatic rings. The summed E-state index contributed by atoms with van der Waals surface area (Å²) in [4.78, 5) is 13.4. The number of anilines is 1. The second-order valence-electron chi connectivity index (χ2n) is 10.6. The van der Waals surface area contributed by atoms with Crippen molar-refractivity contribution in [2.75, 3.05) is 18.5 Å². The lowest BCUT2D eigenvalue weighted by molar-refractivity contribution is 0.213. The van der Waals surface area contributed by atoms with Crippen molar-refractivity contribution in [1.29, 1.82) is 0 Å². The van der Waals surface area contributed by atoms with E-state index in [2.05, 4.69) is 90.7 Å². The van der Waals surface area contributed by atoms with E-state index in [1.165, 1.54) is 56.1 Å². The number of imidazole rings is 1. The van der Waals surface area contributed by atoms with Crippen LogP contribution in [0.15, 0.2) is 67.0 Å². The maximum atomic E-state index is 6.20. The van der Waals surface area contributed by atoms with Crippen LogP contribution in [0.4, 0.5) is 5.82 Å². The Morgan fingerprint density at radius 1 is 0.846 bits per heavy atom. The molecule has 6 rings (SSSR count). The summed E-state index contributed by atoms with van der Waals surface area (Å²) in [5.41, 5.74) is 7.77. The van der Waals surface area contributed by atoms with Gasteiger partial charge in [0.25, 0.3) is 0 Å². The fraction of sp³-hybridized carbons (Fsp3) is 0.452. The van der Waals surface area contributed by atoms with Crippen molar-refractivity contribution in [1.82, 2.24) is 29.8 Å². The number of nitrogens with zero attached hydrogens (tertiary/aromatic N) is 5.